The number of methoxy groups -OCH3 is 1. The number of benzene rings is 1. The van der Waals surface area contributed by atoms with E-state index in [0.29, 0.717) is 5.75 Å². The minimum absolute atomic E-state index is 0.0372. The van der Waals surface area contributed by atoms with E-state index in [1.54, 1.807) is 24.3 Å². The van der Waals surface area contributed by atoms with E-state index in [2.05, 4.69) is 5.32 Å². The summed E-state index contributed by atoms with van der Waals surface area (Å²) >= 11 is 5.60. The monoisotopic (exact) mass is 337 g/mol. The van der Waals surface area contributed by atoms with Crippen molar-refractivity contribution in [2.24, 2.45) is 5.92 Å². The lowest BCUT2D eigenvalue weighted by molar-refractivity contribution is -0.141. The van der Waals surface area contributed by atoms with Crippen molar-refractivity contribution in [2.75, 3.05) is 13.7 Å². The molecule has 0 aliphatic carbocycles. The molecule has 1 atom stereocenters. The molecule has 0 bridgehead atoms. The Kier molecular flexibility index (Phi) is 5.65. The van der Waals surface area contributed by atoms with Gasteiger partial charge in [-0.05, 0) is 41.8 Å². The van der Waals surface area contributed by atoms with Crippen molar-refractivity contribution >= 4 is 23.5 Å². The zero-order valence-electron chi connectivity index (χ0n) is 12.4. The Morgan fingerprint density at radius 2 is 2.04 bits per heavy atom. The minimum Gasteiger partial charge on any atom is -0.496 e. The molecule has 122 valence electrons. The molecule has 0 spiro atoms. The number of carboxylic acids is 1. The van der Waals surface area contributed by atoms with Crippen molar-refractivity contribution in [3.05, 3.63) is 52.9 Å². The second-order valence-electron chi connectivity index (χ2n) is 4.86. The maximum Gasteiger partial charge on any atom is 0.308 e. The van der Waals surface area contributed by atoms with Crippen molar-refractivity contribution in [3.63, 3.8) is 0 Å². The van der Waals surface area contributed by atoms with Gasteiger partial charge in [-0.3, -0.25) is 9.59 Å². The van der Waals surface area contributed by atoms with Crippen LogP contribution in [0.2, 0.25) is 5.22 Å². The molecule has 0 fully saturated rings. The van der Waals surface area contributed by atoms with Gasteiger partial charge in [0, 0.05) is 6.54 Å². The molecule has 7 heteroatoms. The summed E-state index contributed by atoms with van der Waals surface area (Å²) < 4.78 is 10.2. The van der Waals surface area contributed by atoms with Gasteiger partial charge in [0.25, 0.3) is 5.91 Å². The molecule has 1 unspecified atom stereocenters. The van der Waals surface area contributed by atoms with E-state index in [1.165, 1.54) is 19.2 Å². The third-order valence-corrected chi connectivity index (χ3v) is 3.52. The maximum atomic E-state index is 11.9. The molecule has 1 aromatic heterocycles. The average molecular weight is 338 g/mol. The first-order valence-corrected chi connectivity index (χ1v) is 7.27. The molecule has 1 amide bonds. The van der Waals surface area contributed by atoms with Gasteiger partial charge >= 0.3 is 5.97 Å². The molecular weight excluding hydrogens is 322 g/mol. The van der Waals surface area contributed by atoms with Gasteiger partial charge in [-0.25, -0.2) is 0 Å². The Bertz CT molecular complexity index is 697. The number of carboxylic acid groups (broad SMARTS) is 1. The van der Waals surface area contributed by atoms with Gasteiger partial charge in [0.2, 0.25) is 0 Å². The van der Waals surface area contributed by atoms with E-state index in [4.69, 9.17) is 20.8 Å². The summed E-state index contributed by atoms with van der Waals surface area (Å²) in [7, 11) is 1.52. The van der Waals surface area contributed by atoms with Gasteiger partial charge in [0.1, 0.15) is 5.75 Å². The zero-order valence-corrected chi connectivity index (χ0v) is 13.2. The number of furan rings is 1. The summed E-state index contributed by atoms with van der Waals surface area (Å²) in [6.45, 7) is -0.0372. The number of carbonyl (C=O) groups is 2. The van der Waals surface area contributed by atoms with E-state index < -0.39 is 17.8 Å². The molecule has 23 heavy (non-hydrogen) atoms. The summed E-state index contributed by atoms with van der Waals surface area (Å²) in [4.78, 5) is 23.3. The Labute approximate surface area is 138 Å². The fourth-order valence-corrected chi connectivity index (χ4v) is 2.27. The largest absolute Gasteiger partial charge is 0.496 e. The van der Waals surface area contributed by atoms with Crippen LogP contribution in [-0.4, -0.2) is 30.6 Å². The van der Waals surface area contributed by atoms with Gasteiger partial charge in [-0.15, -0.1) is 0 Å². The molecule has 2 rings (SSSR count). The predicted octanol–water partition coefficient (Wildman–Crippen LogP) is 2.61. The first-order chi connectivity index (χ1) is 11.0. The number of halogens is 1. The lowest BCUT2D eigenvalue weighted by Gasteiger charge is -2.15. The van der Waals surface area contributed by atoms with Crippen LogP contribution in [0.15, 0.2) is 40.8 Å². The van der Waals surface area contributed by atoms with Crippen LogP contribution in [-0.2, 0) is 11.2 Å². The Hall–Kier alpha value is -2.47. The summed E-state index contributed by atoms with van der Waals surface area (Å²) in [6.07, 6.45) is 0.235. The first kappa shape index (κ1) is 16.9. The van der Waals surface area contributed by atoms with E-state index in [0.717, 1.165) is 5.56 Å². The van der Waals surface area contributed by atoms with Gasteiger partial charge in [-0.2, -0.15) is 0 Å². The van der Waals surface area contributed by atoms with E-state index in [1.807, 2.05) is 0 Å². The van der Waals surface area contributed by atoms with Gasteiger partial charge < -0.3 is 19.6 Å². The number of hydrogen-bond donors (Lipinski definition) is 2. The Morgan fingerprint density at radius 1 is 1.30 bits per heavy atom. The molecular formula is C16H16ClNO5. The Morgan fingerprint density at radius 3 is 2.65 bits per heavy atom. The smallest absolute Gasteiger partial charge is 0.308 e. The highest BCUT2D eigenvalue weighted by Gasteiger charge is 2.21. The van der Waals surface area contributed by atoms with Crippen LogP contribution in [0.25, 0.3) is 0 Å². The maximum absolute atomic E-state index is 11.9. The third-order valence-electron chi connectivity index (χ3n) is 3.31. The first-order valence-electron chi connectivity index (χ1n) is 6.89. The summed E-state index contributed by atoms with van der Waals surface area (Å²) in [6, 6.07) is 10.0. The van der Waals surface area contributed by atoms with Gasteiger partial charge in [-0.1, -0.05) is 18.2 Å². The van der Waals surface area contributed by atoms with Gasteiger partial charge in [0.15, 0.2) is 11.0 Å². The molecule has 0 aliphatic heterocycles. The fraction of sp³-hybridized carbons (Fsp3) is 0.250. The standard InChI is InChI=1S/C16H16ClNO5/c1-22-12-5-3-2-4-10(12)8-11(16(20)21)9-18-15(19)13-6-7-14(17)23-13/h2-7,11H,8-9H2,1H3,(H,18,19)(H,20,21). The number of ether oxygens (including phenoxy) is 1. The molecule has 0 saturated heterocycles. The SMILES string of the molecule is COc1ccccc1CC(CNC(=O)c1ccc(Cl)o1)C(=O)O. The normalized spacial score (nSPS) is 11.7. The number of carbonyl (C=O) groups excluding carboxylic acids is 1. The second kappa shape index (κ2) is 7.69. The number of hydrogen-bond acceptors (Lipinski definition) is 4. The van der Waals surface area contributed by atoms with Crippen molar-refractivity contribution in [1.82, 2.24) is 5.32 Å². The summed E-state index contributed by atoms with van der Waals surface area (Å²) in [5.74, 6) is -1.66. The minimum atomic E-state index is -1.01. The van der Waals surface area contributed by atoms with E-state index in [9.17, 15) is 14.7 Å². The van der Waals surface area contributed by atoms with Crippen molar-refractivity contribution in [2.45, 2.75) is 6.42 Å². The van der Waals surface area contributed by atoms with Crippen LogP contribution in [0.4, 0.5) is 0 Å². The molecule has 0 saturated carbocycles. The Balaban J connectivity index is 2.02. The van der Waals surface area contributed by atoms with Crippen LogP contribution in [0, 0.1) is 5.92 Å². The highest BCUT2D eigenvalue weighted by Crippen LogP contribution is 2.21. The molecule has 6 nitrogen and oxygen atoms in total. The second-order valence-corrected chi connectivity index (χ2v) is 5.24. The van der Waals surface area contributed by atoms with Gasteiger partial charge in [0.05, 0.1) is 13.0 Å². The number of aliphatic carboxylic acids is 1. The molecule has 1 heterocycles. The lowest BCUT2D eigenvalue weighted by atomic mass is 9.98. The highest BCUT2D eigenvalue weighted by atomic mass is 35.5. The fourth-order valence-electron chi connectivity index (χ4n) is 2.12. The van der Waals surface area contributed by atoms with E-state index in [-0.39, 0.29) is 23.9 Å². The molecule has 0 radical (unpaired) electrons. The van der Waals surface area contributed by atoms with Crippen LogP contribution in [0.1, 0.15) is 16.1 Å². The van der Waals surface area contributed by atoms with Crippen LogP contribution in [0.3, 0.4) is 0 Å². The quantitative estimate of drug-likeness (QED) is 0.810. The van der Waals surface area contributed by atoms with Crippen LogP contribution in [0.5, 0.6) is 5.75 Å². The number of rotatable bonds is 7. The predicted molar refractivity (Wildman–Crippen MR) is 83.9 cm³/mol. The van der Waals surface area contributed by atoms with Crippen molar-refractivity contribution < 1.29 is 23.8 Å². The van der Waals surface area contributed by atoms with Crippen molar-refractivity contribution in [3.8, 4) is 5.75 Å². The lowest BCUT2D eigenvalue weighted by Crippen LogP contribution is -2.34. The van der Waals surface area contributed by atoms with E-state index >= 15 is 0 Å². The van der Waals surface area contributed by atoms with Crippen molar-refractivity contribution in [1.29, 1.82) is 0 Å². The summed E-state index contributed by atoms with van der Waals surface area (Å²) in [5, 5.41) is 12.0. The topological polar surface area (TPSA) is 88.8 Å². The summed E-state index contributed by atoms with van der Waals surface area (Å²) in [5.41, 5.74) is 0.762. The van der Waals surface area contributed by atoms with Crippen LogP contribution < -0.4 is 10.1 Å². The number of para-hydroxylation sites is 1. The molecule has 1 aromatic carbocycles. The average Bonchev–Trinajstić information content (AvgIpc) is 2.97. The highest BCUT2D eigenvalue weighted by molar-refractivity contribution is 6.29. The number of nitrogens with one attached hydrogen (secondary N) is 1. The zero-order chi connectivity index (χ0) is 16.8. The third kappa shape index (κ3) is 4.50. The molecule has 2 aromatic rings. The molecule has 0 aliphatic rings. The van der Waals surface area contributed by atoms with Crippen LogP contribution >= 0.6 is 11.6 Å². The molecule has 2 N–H and O–H groups in total. The number of amides is 1.